The number of aryl methyl sites for hydroxylation is 1. The van der Waals surface area contributed by atoms with E-state index in [2.05, 4.69) is 10.4 Å². The molecule has 3 aromatic heterocycles. The van der Waals surface area contributed by atoms with Crippen LogP contribution in [-0.4, -0.2) is 30.5 Å². The van der Waals surface area contributed by atoms with Gasteiger partial charge in [-0.25, -0.2) is 4.98 Å². The van der Waals surface area contributed by atoms with Gasteiger partial charge >= 0.3 is 0 Å². The van der Waals surface area contributed by atoms with Gasteiger partial charge in [0.15, 0.2) is 5.65 Å². The molecule has 0 spiro atoms. The van der Waals surface area contributed by atoms with Crippen molar-refractivity contribution >= 4 is 45.8 Å². The summed E-state index contributed by atoms with van der Waals surface area (Å²) in [6.45, 7) is 0.478. The van der Waals surface area contributed by atoms with Crippen molar-refractivity contribution in [2.75, 3.05) is 5.32 Å². The zero-order valence-electron chi connectivity index (χ0n) is 18.1. The highest BCUT2D eigenvalue weighted by Gasteiger charge is 2.33. The first-order chi connectivity index (χ1) is 16.0. The Balaban J connectivity index is 1.30. The third-order valence-corrected chi connectivity index (χ3v) is 6.87. The van der Waals surface area contributed by atoms with Crippen LogP contribution in [-0.2, 0) is 13.6 Å². The molecule has 2 saturated carbocycles. The first kappa shape index (κ1) is 20.7. The Labute approximate surface area is 200 Å². The molecule has 0 aliphatic heterocycles. The van der Waals surface area contributed by atoms with Crippen molar-refractivity contribution in [1.82, 2.24) is 24.5 Å². The lowest BCUT2D eigenvalue weighted by Crippen LogP contribution is -2.13. The number of benzene rings is 1. The van der Waals surface area contributed by atoms with E-state index in [1.54, 1.807) is 29.2 Å². The Hall–Kier alpha value is -2.90. The third kappa shape index (κ3) is 4.00. The Morgan fingerprint density at radius 2 is 1.94 bits per heavy atom. The molecule has 7 nitrogen and oxygen atoms in total. The van der Waals surface area contributed by atoms with Gasteiger partial charge in [0.1, 0.15) is 0 Å². The van der Waals surface area contributed by atoms with E-state index in [1.165, 1.54) is 0 Å². The van der Waals surface area contributed by atoms with E-state index in [4.69, 9.17) is 33.3 Å². The number of nitrogens with zero attached hydrogens (tertiary/aromatic N) is 5. The molecule has 2 aliphatic carbocycles. The topological polar surface area (TPSA) is 77.6 Å². The van der Waals surface area contributed by atoms with Crippen molar-refractivity contribution in [3.05, 3.63) is 69.2 Å². The number of halogens is 2. The number of hydrogen-bond donors (Lipinski definition) is 1. The molecule has 33 heavy (non-hydrogen) atoms. The Morgan fingerprint density at radius 3 is 2.67 bits per heavy atom. The molecule has 2 fully saturated rings. The van der Waals surface area contributed by atoms with Crippen LogP contribution in [0.3, 0.4) is 0 Å². The Morgan fingerprint density at radius 1 is 1.15 bits per heavy atom. The van der Waals surface area contributed by atoms with Gasteiger partial charge in [0, 0.05) is 40.8 Å². The molecule has 1 aromatic carbocycles. The molecule has 2 aliphatic rings. The highest BCUT2D eigenvalue weighted by molar-refractivity contribution is 6.35. The normalized spacial score (nSPS) is 15.8. The largest absolute Gasteiger partial charge is 0.319 e. The Bertz CT molecular complexity index is 1400. The lowest BCUT2D eigenvalue weighted by molar-refractivity contribution is 0.102. The molecule has 9 heteroatoms. The number of pyridine rings is 1. The smallest absolute Gasteiger partial charge is 0.256 e. The lowest BCUT2D eigenvalue weighted by atomic mass is 10.0. The molecule has 0 saturated heterocycles. The number of hydrogen-bond acceptors (Lipinski definition) is 4. The monoisotopic (exact) mass is 480 g/mol. The summed E-state index contributed by atoms with van der Waals surface area (Å²) < 4.78 is 3.56. The van der Waals surface area contributed by atoms with Crippen LogP contribution in [0.2, 0.25) is 10.0 Å². The zero-order valence-corrected chi connectivity index (χ0v) is 19.6. The molecule has 0 unspecified atom stereocenters. The van der Waals surface area contributed by atoms with Gasteiger partial charge in [-0.2, -0.15) is 10.2 Å². The van der Waals surface area contributed by atoms with Crippen molar-refractivity contribution in [3.63, 3.8) is 0 Å². The molecule has 0 bridgehead atoms. The van der Waals surface area contributed by atoms with Gasteiger partial charge in [-0.05, 0) is 49.4 Å². The van der Waals surface area contributed by atoms with Gasteiger partial charge in [-0.1, -0.05) is 29.3 Å². The first-order valence-electron chi connectivity index (χ1n) is 11.1. The van der Waals surface area contributed by atoms with E-state index in [9.17, 15) is 4.79 Å². The molecular weight excluding hydrogens is 459 g/mol. The van der Waals surface area contributed by atoms with Crippen LogP contribution in [0.5, 0.6) is 0 Å². The number of fused-ring (bicyclic) bond motifs is 1. The van der Waals surface area contributed by atoms with Crippen molar-refractivity contribution in [1.29, 1.82) is 0 Å². The highest BCUT2D eigenvalue weighted by atomic mass is 35.5. The summed E-state index contributed by atoms with van der Waals surface area (Å²) in [6, 6.07) is 7.34. The van der Waals surface area contributed by atoms with Gasteiger partial charge in [0.25, 0.3) is 5.91 Å². The first-order valence-corrected chi connectivity index (χ1v) is 11.9. The summed E-state index contributed by atoms with van der Waals surface area (Å²) in [4.78, 5) is 18.3. The molecular formula is C24H22Cl2N6O. The second-order valence-electron chi connectivity index (χ2n) is 8.97. The number of carbonyl (C=O) groups is 1. The van der Waals surface area contributed by atoms with E-state index in [1.807, 2.05) is 23.9 Å². The number of aromatic nitrogens is 5. The number of nitrogens with one attached hydrogen (secondary N) is 1. The van der Waals surface area contributed by atoms with Gasteiger partial charge in [-0.15, -0.1) is 0 Å². The van der Waals surface area contributed by atoms with Crippen molar-refractivity contribution in [3.8, 4) is 0 Å². The fourth-order valence-corrected chi connectivity index (χ4v) is 4.71. The minimum atomic E-state index is -0.164. The predicted molar refractivity (Wildman–Crippen MR) is 128 cm³/mol. The number of amides is 1. The molecule has 4 aromatic rings. The van der Waals surface area contributed by atoms with Gasteiger partial charge < -0.3 is 5.32 Å². The lowest BCUT2D eigenvalue weighted by Gasteiger charge is -2.08. The van der Waals surface area contributed by atoms with Crippen LogP contribution < -0.4 is 5.32 Å². The molecule has 168 valence electrons. The second kappa shape index (κ2) is 7.85. The maximum atomic E-state index is 13.4. The van der Waals surface area contributed by atoms with E-state index >= 15 is 0 Å². The maximum absolute atomic E-state index is 13.4. The fourth-order valence-electron chi connectivity index (χ4n) is 4.24. The van der Waals surface area contributed by atoms with Crippen LogP contribution in [0.25, 0.3) is 11.0 Å². The summed E-state index contributed by atoms with van der Waals surface area (Å²) in [6.07, 6.45) is 7.90. The maximum Gasteiger partial charge on any atom is 0.256 e. The zero-order chi connectivity index (χ0) is 22.7. The van der Waals surface area contributed by atoms with Gasteiger partial charge in [-0.3, -0.25) is 14.2 Å². The Kier molecular flexibility index (Phi) is 4.92. The van der Waals surface area contributed by atoms with Crippen LogP contribution in [0.15, 0.2) is 36.7 Å². The molecule has 0 atom stereocenters. The fraction of sp³-hybridized carbons (Fsp3) is 0.333. The molecule has 0 radical (unpaired) electrons. The summed E-state index contributed by atoms with van der Waals surface area (Å²) in [7, 11) is 1.91. The van der Waals surface area contributed by atoms with Crippen LogP contribution in [0.4, 0.5) is 5.69 Å². The van der Waals surface area contributed by atoms with E-state index in [-0.39, 0.29) is 5.91 Å². The third-order valence-electron chi connectivity index (χ3n) is 6.28. The molecule has 3 heterocycles. The number of carbonyl (C=O) groups excluding carboxylic acids is 1. The summed E-state index contributed by atoms with van der Waals surface area (Å²) in [5.41, 5.74) is 4.92. The van der Waals surface area contributed by atoms with Gasteiger partial charge in [0.05, 0.1) is 35.1 Å². The van der Waals surface area contributed by atoms with Gasteiger partial charge in [0.2, 0.25) is 0 Å². The minimum absolute atomic E-state index is 0.164. The second-order valence-corrected chi connectivity index (χ2v) is 9.81. The number of anilines is 1. The standard InChI is InChI=1S/C24H22Cl2N6O/c1-31-23-21(22(30-31)14-4-5-14)18(9-20(29-23)13-2-3-13)24(33)28-17-10-27-32(12-17)11-15-6-7-16(25)8-19(15)26/h6-10,12-14H,2-5,11H2,1H3,(H,28,33). The van der Waals surface area contributed by atoms with Crippen LogP contribution in [0.1, 0.15) is 64.8 Å². The SMILES string of the molecule is Cn1nc(C2CC2)c2c(C(=O)Nc3cnn(Cc4ccc(Cl)cc4Cl)c3)cc(C3CC3)nc21. The highest BCUT2D eigenvalue weighted by Crippen LogP contribution is 2.45. The summed E-state index contributed by atoms with van der Waals surface area (Å²) in [5.74, 6) is 0.691. The van der Waals surface area contributed by atoms with Crippen molar-refractivity contribution in [2.45, 2.75) is 44.1 Å². The molecule has 1 amide bonds. The van der Waals surface area contributed by atoms with E-state index in [0.717, 1.165) is 53.7 Å². The summed E-state index contributed by atoms with van der Waals surface area (Å²) >= 11 is 12.3. The minimum Gasteiger partial charge on any atom is -0.319 e. The van der Waals surface area contributed by atoms with Crippen LogP contribution >= 0.6 is 23.2 Å². The number of rotatable bonds is 6. The van der Waals surface area contributed by atoms with E-state index < -0.39 is 0 Å². The molecule has 1 N–H and O–H groups in total. The predicted octanol–water partition coefficient (Wildman–Crippen LogP) is 5.53. The van der Waals surface area contributed by atoms with E-state index in [0.29, 0.717) is 39.7 Å². The average molecular weight is 481 g/mol. The van der Waals surface area contributed by atoms with Crippen molar-refractivity contribution in [2.24, 2.45) is 7.05 Å². The van der Waals surface area contributed by atoms with Crippen molar-refractivity contribution < 1.29 is 4.79 Å². The average Bonchev–Trinajstić information content (AvgIpc) is 3.72. The summed E-state index contributed by atoms with van der Waals surface area (Å²) in [5, 5.41) is 14.2. The quantitative estimate of drug-likeness (QED) is 0.393. The molecule has 6 rings (SSSR count). The van der Waals surface area contributed by atoms with Crippen LogP contribution in [0, 0.1) is 0 Å².